The summed E-state index contributed by atoms with van der Waals surface area (Å²) < 4.78 is 110. The third kappa shape index (κ3) is 2.91. The summed E-state index contributed by atoms with van der Waals surface area (Å²) >= 11 is 0. The smallest absolute Gasteiger partial charge is 0.388 e. The van der Waals surface area contributed by atoms with Crippen molar-refractivity contribution in [2.45, 2.75) is 37.5 Å². The number of aromatic nitrogens is 2. The molecule has 0 aliphatic carbocycles. The molecule has 0 amide bonds. The predicted octanol–water partition coefficient (Wildman–Crippen LogP) is 2.09. The van der Waals surface area contributed by atoms with Crippen molar-refractivity contribution in [3.8, 4) is 5.88 Å². The number of sulfone groups is 1. The number of hydrogen-bond donors (Lipinski definition) is 0. The number of oxime groups is 1. The van der Waals surface area contributed by atoms with Crippen molar-refractivity contribution in [2.75, 3.05) is 0 Å². The van der Waals surface area contributed by atoms with E-state index in [1.54, 1.807) is 0 Å². The normalized spacial score (nSPS) is 20.6. The minimum Gasteiger partial charge on any atom is -0.416 e. The van der Waals surface area contributed by atoms with Crippen molar-refractivity contribution in [3.05, 3.63) is 11.5 Å². The first-order valence-corrected chi connectivity index (χ1v) is 7.92. The molecule has 142 valence electrons. The van der Waals surface area contributed by atoms with Crippen LogP contribution >= 0.6 is 0 Å². The number of halogens is 6. The molecule has 0 saturated carbocycles. The summed E-state index contributed by atoms with van der Waals surface area (Å²) in [5.74, 6) is -3.61. The van der Waals surface area contributed by atoms with Crippen molar-refractivity contribution >= 4 is 14.9 Å². The van der Waals surface area contributed by atoms with Crippen LogP contribution in [0.5, 0.6) is 5.88 Å². The topological polar surface area (TPSA) is 82.8 Å². The molecule has 1 aliphatic heterocycles. The van der Waals surface area contributed by atoms with Crippen LogP contribution in [0, 0.1) is 5.95 Å². The molecule has 0 fully saturated rings. The fraction of sp³-hybridized carbons (Fsp3) is 0.636. The number of alkyl halides is 5. The quantitative estimate of drug-likeness (QED) is 0.729. The third-order valence-electron chi connectivity index (χ3n) is 3.25. The monoisotopic (exact) mass is 395 g/mol. The maximum Gasteiger partial charge on any atom is 0.388 e. The zero-order valence-corrected chi connectivity index (χ0v) is 13.6. The molecule has 1 atom stereocenters. The van der Waals surface area contributed by atoms with Crippen LogP contribution in [0.25, 0.3) is 0 Å². The third-order valence-corrected chi connectivity index (χ3v) is 4.97. The SMILES string of the molecule is Cn1nc(F)c(C(F)(F)S(=O)(=O)C2=NOC(C)(C)C2F)c1OC(F)F. The molecule has 0 N–H and O–H groups in total. The molecular weight excluding hydrogens is 384 g/mol. The zero-order valence-electron chi connectivity index (χ0n) is 12.8. The van der Waals surface area contributed by atoms with E-state index >= 15 is 0 Å². The molecule has 0 aromatic carbocycles. The summed E-state index contributed by atoms with van der Waals surface area (Å²) in [5.41, 5.74) is -3.95. The summed E-state index contributed by atoms with van der Waals surface area (Å²) in [4.78, 5) is 4.45. The van der Waals surface area contributed by atoms with Gasteiger partial charge in [0.2, 0.25) is 16.9 Å². The van der Waals surface area contributed by atoms with E-state index in [0.29, 0.717) is 0 Å². The average molecular weight is 395 g/mol. The van der Waals surface area contributed by atoms with E-state index in [1.165, 1.54) is 0 Å². The van der Waals surface area contributed by atoms with E-state index in [0.717, 1.165) is 20.9 Å². The van der Waals surface area contributed by atoms with Crippen molar-refractivity contribution < 1.29 is 44.3 Å². The Kier molecular flexibility index (Phi) is 4.47. The summed E-state index contributed by atoms with van der Waals surface area (Å²) in [6, 6.07) is 0. The highest BCUT2D eigenvalue weighted by Gasteiger charge is 2.61. The second kappa shape index (κ2) is 5.78. The molecule has 2 rings (SSSR count). The molecule has 7 nitrogen and oxygen atoms in total. The largest absolute Gasteiger partial charge is 0.416 e. The predicted molar refractivity (Wildman–Crippen MR) is 70.1 cm³/mol. The molecule has 1 unspecified atom stereocenters. The zero-order chi connectivity index (χ0) is 19.4. The number of ether oxygens (including phenoxy) is 1. The maximum absolute atomic E-state index is 14.5. The van der Waals surface area contributed by atoms with Crippen LogP contribution in [-0.4, -0.2) is 41.6 Å². The Morgan fingerprint density at radius 3 is 2.36 bits per heavy atom. The second-order valence-electron chi connectivity index (χ2n) is 5.48. The van der Waals surface area contributed by atoms with Gasteiger partial charge in [-0.3, -0.25) is 0 Å². The van der Waals surface area contributed by atoms with Gasteiger partial charge in [-0.1, -0.05) is 5.16 Å². The summed E-state index contributed by atoms with van der Waals surface area (Å²) in [5, 5.41) is -1.31. The molecule has 1 aromatic heterocycles. The standard InChI is InChI=1S/C11H11F6N3O4S/c1-10(2)5(12)7(19-24-10)25(21,22)11(16,17)4-6(13)18-20(3)8(4)23-9(14)15/h5,9H,1-3H3. The molecule has 1 aliphatic rings. The molecule has 25 heavy (non-hydrogen) atoms. The first-order chi connectivity index (χ1) is 11.2. The van der Waals surface area contributed by atoms with Gasteiger partial charge in [0, 0.05) is 7.05 Å². The van der Waals surface area contributed by atoms with E-state index in [1.807, 2.05) is 0 Å². The van der Waals surface area contributed by atoms with E-state index in [-0.39, 0.29) is 4.68 Å². The fourth-order valence-corrected chi connectivity index (χ4v) is 3.34. The number of hydrogen-bond acceptors (Lipinski definition) is 6. The van der Waals surface area contributed by atoms with Crippen molar-refractivity contribution in [1.29, 1.82) is 0 Å². The average Bonchev–Trinajstić information content (AvgIpc) is 2.86. The first kappa shape index (κ1) is 19.3. The van der Waals surface area contributed by atoms with Gasteiger partial charge in [0.1, 0.15) is 0 Å². The van der Waals surface area contributed by atoms with E-state index in [2.05, 4.69) is 19.8 Å². The Morgan fingerprint density at radius 1 is 1.36 bits per heavy atom. The molecule has 0 saturated heterocycles. The van der Waals surface area contributed by atoms with Crippen molar-refractivity contribution in [3.63, 3.8) is 0 Å². The summed E-state index contributed by atoms with van der Waals surface area (Å²) in [7, 11) is -5.21. The van der Waals surface area contributed by atoms with Crippen molar-refractivity contribution in [2.24, 2.45) is 12.2 Å². The van der Waals surface area contributed by atoms with E-state index in [4.69, 9.17) is 0 Å². The molecule has 0 spiro atoms. The Morgan fingerprint density at radius 2 is 1.92 bits per heavy atom. The van der Waals surface area contributed by atoms with Crippen LogP contribution in [0.15, 0.2) is 5.16 Å². The van der Waals surface area contributed by atoms with Crippen LogP contribution in [0.2, 0.25) is 0 Å². The number of nitrogens with zero attached hydrogens (tertiary/aromatic N) is 3. The van der Waals surface area contributed by atoms with Crippen molar-refractivity contribution in [1.82, 2.24) is 9.78 Å². The lowest BCUT2D eigenvalue weighted by atomic mass is 10.1. The highest BCUT2D eigenvalue weighted by molar-refractivity contribution is 8.07. The van der Waals surface area contributed by atoms with Crippen LogP contribution in [0.3, 0.4) is 0 Å². The Bertz CT molecular complexity index is 820. The van der Waals surface area contributed by atoms with Gasteiger partial charge in [0.05, 0.1) is 0 Å². The summed E-state index contributed by atoms with van der Waals surface area (Å²) in [6.07, 6.45) is -2.59. The van der Waals surface area contributed by atoms with Gasteiger partial charge >= 0.3 is 11.9 Å². The van der Waals surface area contributed by atoms with E-state index in [9.17, 15) is 34.8 Å². The van der Waals surface area contributed by atoms with Gasteiger partial charge in [-0.05, 0) is 13.8 Å². The number of aryl methyl sites for hydroxylation is 1. The molecule has 2 heterocycles. The second-order valence-corrected chi connectivity index (χ2v) is 7.42. The van der Waals surface area contributed by atoms with E-state index < -0.39 is 55.9 Å². The minimum atomic E-state index is -5.98. The molecular formula is C11H11F6N3O4S. The van der Waals surface area contributed by atoms with Crippen LogP contribution < -0.4 is 4.74 Å². The molecule has 0 bridgehead atoms. The van der Waals surface area contributed by atoms with Crippen LogP contribution in [-0.2, 0) is 27.0 Å². The molecule has 14 heteroatoms. The highest BCUT2D eigenvalue weighted by Crippen LogP contribution is 2.44. The lowest BCUT2D eigenvalue weighted by Gasteiger charge is -2.20. The fourth-order valence-electron chi connectivity index (χ4n) is 1.94. The van der Waals surface area contributed by atoms with Crippen LogP contribution in [0.1, 0.15) is 19.4 Å². The number of rotatable bonds is 4. The highest BCUT2D eigenvalue weighted by atomic mass is 32.2. The Hall–Kier alpha value is -1.99. The lowest BCUT2D eigenvalue weighted by molar-refractivity contribution is -0.0584. The minimum absolute atomic E-state index is 0.157. The van der Waals surface area contributed by atoms with Gasteiger partial charge in [-0.25, -0.2) is 17.5 Å². The maximum atomic E-state index is 14.5. The van der Waals surface area contributed by atoms with Gasteiger partial charge in [0.15, 0.2) is 17.3 Å². The van der Waals surface area contributed by atoms with Gasteiger partial charge < -0.3 is 9.57 Å². The Balaban J connectivity index is 2.60. The van der Waals surface area contributed by atoms with Crippen LogP contribution in [0.4, 0.5) is 26.3 Å². The van der Waals surface area contributed by atoms with Gasteiger partial charge in [0.25, 0.3) is 9.84 Å². The Labute approximate surface area is 137 Å². The molecule has 0 radical (unpaired) electrons. The first-order valence-electron chi connectivity index (χ1n) is 6.44. The lowest BCUT2D eigenvalue weighted by Crippen LogP contribution is -2.42. The summed E-state index contributed by atoms with van der Waals surface area (Å²) in [6.45, 7) is -1.60. The van der Waals surface area contributed by atoms with Gasteiger partial charge in [-0.2, -0.15) is 22.0 Å². The van der Waals surface area contributed by atoms with Gasteiger partial charge in [-0.15, -0.1) is 5.10 Å². The molecule has 1 aromatic rings.